The number of carboxylic acids is 1. The van der Waals surface area contributed by atoms with Crippen LogP contribution in [0.5, 0.6) is 0 Å². The second-order valence-electron chi connectivity index (χ2n) is 3.12. The number of hydrogen-bond acceptors (Lipinski definition) is 3. The molecule has 0 aromatic carbocycles. The number of carbonyl (C=O) groups is 1. The lowest BCUT2D eigenvalue weighted by atomic mass is 10.2. The van der Waals surface area contributed by atoms with E-state index in [2.05, 4.69) is 4.98 Å². The van der Waals surface area contributed by atoms with Crippen molar-refractivity contribution in [1.82, 2.24) is 4.98 Å². The lowest BCUT2D eigenvalue weighted by molar-refractivity contribution is 0.0698. The molecule has 0 aliphatic rings. The van der Waals surface area contributed by atoms with E-state index in [1.807, 2.05) is 25.1 Å². The predicted octanol–water partition coefficient (Wildman–Crippen LogP) is 2.82. The predicted molar refractivity (Wildman–Crippen MR) is 59.2 cm³/mol. The zero-order valence-electron chi connectivity index (χ0n) is 8.10. The maximum atomic E-state index is 11.0. The van der Waals surface area contributed by atoms with E-state index in [-0.39, 0.29) is 0 Å². The summed E-state index contributed by atoms with van der Waals surface area (Å²) in [6, 6.07) is 7.15. The molecule has 2 aromatic heterocycles. The summed E-state index contributed by atoms with van der Waals surface area (Å²) in [6.07, 6.45) is 1.66. The van der Waals surface area contributed by atoms with Crippen molar-refractivity contribution in [1.29, 1.82) is 0 Å². The molecule has 0 amide bonds. The first-order valence-electron chi connectivity index (χ1n) is 4.43. The Morgan fingerprint density at radius 3 is 2.87 bits per heavy atom. The molecule has 0 fully saturated rings. The van der Waals surface area contributed by atoms with Gasteiger partial charge in [-0.25, -0.2) is 4.79 Å². The van der Waals surface area contributed by atoms with Gasteiger partial charge in [0.05, 0.1) is 16.1 Å². The Labute approximate surface area is 91.0 Å². The van der Waals surface area contributed by atoms with Crippen LogP contribution in [0.1, 0.15) is 15.2 Å². The van der Waals surface area contributed by atoms with Gasteiger partial charge in [-0.2, -0.15) is 0 Å². The molecule has 2 rings (SSSR count). The lowest BCUT2D eigenvalue weighted by Gasteiger charge is -1.97. The normalized spacial score (nSPS) is 10.2. The minimum Gasteiger partial charge on any atom is -0.478 e. The van der Waals surface area contributed by atoms with E-state index in [0.29, 0.717) is 11.3 Å². The highest BCUT2D eigenvalue weighted by Crippen LogP contribution is 2.30. The highest BCUT2D eigenvalue weighted by molar-refractivity contribution is 7.15. The molecular weight excluding hydrogens is 210 g/mol. The Bertz CT molecular complexity index is 491. The van der Waals surface area contributed by atoms with Crippen molar-refractivity contribution in [3.8, 4) is 10.6 Å². The van der Waals surface area contributed by atoms with E-state index in [1.165, 1.54) is 11.3 Å². The quantitative estimate of drug-likeness (QED) is 0.844. The monoisotopic (exact) mass is 219 g/mol. The lowest BCUT2D eigenvalue weighted by Crippen LogP contribution is -1.96. The fraction of sp³-hybridized carbons (Fsp3) is 0.0909. The van der Waals surface area contributed by atoms with Crippen LogP contribution in [0.25, 0.3) is 10.6 Å². The van der Waals surface area contributed by atoms with E-state index in [1.54, 1.807) is 12.3 Å². The molecule has 2 aromatic rings. The van der Waals surface area contributed by atoms with Gasteiger partial charge in [0.2, 0.25) is 0 Å². The molecule has 0 saturated carbocycles. The molecule has 0 aliphatic carbocycles. The highest BCUT2D eigenvalue weighted by Gasteiger charge is 2.15. The fourth-order valence-electron chi connectivity index (χ4n) is 1.36. The summed E-state index contributed by atoms with van der Waals surface area (Å²) >= 11 is 1.45. The summed E-state index contributed by atoms with van der Waals surface area (Å²) in [6.45, 7) is 1.89. The molecule has 0 spiro atoms. The molecule has 4 heteroatoms. The SMILES string of the molecule is Cc1cc(C(=O)O)c(-c2ccccn2)s1. The molecule has 0 radical (unpaired) electrons. The third-order valence-electron chi connectivity index (χ3n) is 1.98. The van der Waals surface area contributed by atoms with Crippen LogP contribution in [-0.4, -0.2) is 16.1 Å². The number of pyridine rings is 1. The first-order chi connectivity index (χ1) is 7.18. The molecule has 76 valence electrons. The van der Waals surface area contributed by atoms with Crippen molar-refractivity contribution < 1.29 is 9.90 Å². The molecular formula is C11H9NO2S. The van der Waals surface area contributed by atoms with Crippen molar-refractivity contribution in [2.45, 2.75) is 6.92 Å². The van der Waals surface area contributed by atoms with E-state index in [0.717, 1.165) is 9.75 Å². The minimum absolute atomic E-state index is 0.330. The topological polar surface area (TPSA) is 50.2 Å². The number of aromatic nitrogens is 1. The first kappa shape index (κ1) is 9.86. The zero-order chi connectivity index (χ0) is 10.8. The Morgan fingerprint density at radius 2 is 2.27 bits per heavy atom. The van der Waals surface area contributed by atoms with Gasteiger partial charge in [-0.05, 0) is 25.1 Å². The van der Waals surface area contributed by atoms with Gasteiger partial charge < -0.3 is 5.11 Å². The van der Waals surface area contributed by atoms with Crippen LogP contribution in [0.4, 0.5) is 0 Å². The summed E-state index contributed by atoms with van der Waals surface area (Å²) < 4.78 is 0. The molecule has 1 N–H and O–H groups in total. The number of nitrogens with zero attached hydrogens (tertiary/aromatic N) is 1. The van der Waals surface area contributed by atoms with Crippen molar-refractivity contribution >= 4 is 17.3 Å². The van der Waals surface area contributed by atoms with Gasteiger partial charge in [0, 0.05) is 11.1 Å². The van der Waals surface area contributed by atoms with Gasteiger partial charge >= 0.3 is 5.97 Å². The summed E-state index contributed by atoms with van der Waals surface area (Å²) in [5, 5.41) is 9.02. The molecule has 0 saturated heterocycles. The van der Waals surface area contributed by atoms with Gasteiger partial charge in [0.15, 0.2) is 0 Å². The molecule has 0 atom stereocenters. The minimum atomic E-state index is -0.903. The van der Waals surface area contributed by atoms with Crippen LogP contribution in [0.3, 0.4) is 0 Å². The summed E-state index contributed by atoms with van der Waals surface area (Å²) in [5.74, 6) is -0.903. The smallest absolute Gasteiger partial charge is 0.337 e. The summed E-state index contributed by atoms with van der Waals surface area (Å²) in [5.41, 5.74) is 1.05. The Kier molecular flexibility index (Phi) is 2.51. The number of aromatic carboxylic acids is 1. The van der Waals surface area contributed by atoms with Crippen LogP contribution in [0.15, 0.2) is 30.5 Å². The van der Waals surface area contributed by atoms with Crippen LogP contribution < -0.4 is 0 Å². The van der Waals surface area contributed by atoms with Gasteiger partial charge in [0.1, 0.15) is 0 Å². The van der Waals surface area contributed by atoms with Crippen molar-refractivity contribution in [2.24, 2.45) is 0 Å². The van der Waals surface area contributed by atoms with Crippen LogP contribution in [0.2, 0.25) is 0 Å². The molecule has 15 heavy (non-hydrogen) atoms. The number of thiophene rings is 1. The van der Waals surface area contributed by atoms with Crippen molar-refractivity contribution in [3.63, 3.8) is 0 Å². The Morgan fingerprint density at radius 1 is 1.47 bits per heavy atom. The second kappa shape index (κ2) is 3.82. The number of hydrogen-bond donors (Lipinski definition) is 1. The fourth-order valence-corrected chi connectivity index (χ4v) is 2.34. The van der Waals surface area contributed by atoms with Crippen LogP contribution in [-0.2, 0) is 0 Å². The van der Waals surface area contributed by atoms with Crippen LogP contribution >= 0.6 is 11.3 Å². The number of rotatable bonds is 2. The van der Waals surface area contributed by atoms with Gasteiger partial charge in [-0.3, -0.25) is 4.98 Å². The van der Waals surface area contributed by atoms with Gasteiger partial charge in [0.25, 0.3) is 0 Å². The van der Waals surface area contributed by atoms with Crippen molar-refractivity contribution in [3.05, 3.63) is 40.9 Å². The number of carboxylic acid groups (broad SMARTS) is 1. The average Bonchev–Trinajstić information content (AvgIpc) is 2.62. The second-order valence-corrected chi connectivity index (χ2v) is 4.38. The van der Waals surface area contributed by atoms with E-state index in [4.69, 9.17) is 5.11 Å². The standard InChI is InChI=1S/C11H9NO2S/c1-7-6-8(11(13)14)10(15-7)9-4-2-3-5-12-9/h2-6H,1H3,(H,13,14). The highest BCUT2D eigenvalue weighted by atomic mass is 32.1. The van der Waals surface area contributed by atoms with Gasteiger partial charge in [-0.1, -0.05) is 6.07 Å². The third-order valence-corrected chi connectivity index (χ3v) is 3.06. The molecule has 0 aliphatic heterocycles. The van der Waals surface area contributed by atoms with E-state index >= 15 is 0 Å². The summed E-state index contributed by atoms with van der Waals surface area (Å²) in [4.78, 5) is 16.8. The third kappa shape index (κ3) is 1.89. The largest absolute Gasteiger partial charge is 0.478 e. The Hall–Kier alpha value is -1.68. The maximum Gasteiger partial charge on any atom is 0.337 e. The first-order valence-corrected chi connectivity index (χ1v) is 5.25. The number of aryl methyl sites for hydroxylation is 1. The average molecular weight is 219 g/mol. The zero-order valence-corrected chi connectivity index (χ0v) is 8.91. The van der Waals surface area contributed by atoms with Gasteiger partial charge in [-0.15, -0.1) is 11.3 Å². The van der Waals surface area contributed by atoms with E-state index < -0.39 is 5.97 Å². The van der Waals surface area contributed by atoms with Crippen LogP contribution in [0, 0.1) is 6.92 Å². The van der Waals surface area contributed by atoms with E-state index in [9.17, 15) is 4.79 Å². The summed E-state index contributed by atoms with van der Waals surface area (Å²) in [7, 11) is 0. The molecule has 0 bridgehead atoms. The molecule has 3 nitrogen and oxygen atoms in total. The molecule has 2 heterocycles. The Balaban J connectivity index is 2.58. The molecule has 0 unspecified atom stereocenters. The van der Waals surface area contributed by atoms with Crippen molar-refractivity contribution in [2.75, 3.05) is 0 Å². The maximum absolute atomic E-state index is 11.0.